The maximum absolute atomic E-state index is 12.4. The van der Waals surface area contributed by atoms with E-state index in [4.69, 9.17) is 23.7 Å². The second-order valence-corrected chi connectivity index (χ2v) is 7.95. The second kappa shape index (κ2) is 8.34. The number of hydrogen-bond donors (Lipinski definition) is 1. The van der Waals surface area contributed by atoms with Crippen LogP contribution in [0.2, 0.25) is 0 Å². The standard InChI is InChI=1S/C22H21N5O6/c28-19(11-29-14-4-2-1-3-5-14)23-15-9-30-21-16(10-31-20(15)21)27-22(24-25-26-27)13-6-7-17-18(8-13)33-12-32-17/h1-8,15-16,20-21H,9-12H2,(H,23,28)/t15-,16-,20+,21+/m0/s1. The molecule has 170 valence electrons. The number of benzene rings is 2. The fourth-order valence-electron chi connectivity index (χ4n) is 4.37. The predicted molar refractivity (Wildman–Crippen MR) is 112 cm³/mol. The van der Waals surface area contributed by atoms with Crippen LogP contribution in [0.1, 0.15) is 6.04 Å². The van der Waals surface area contributed by atoms with E-state index >= 15 is 0 Å². The number of carbonyl (C=O) groups is 1. The van der Waals surface area contributed by atoms with Crippen molar-refractivity contribution in [2.75, 3.05) is 26.6 Å². The molecular weight excluding hydrogens is 430 g/mol. The fourth-order valence-corrected chi connectivity index (χ4v) is 4.37. The van der Waals surface area contributed by atoms with E-state index < -0.39 is 0 Å². The summed E-state index contributed by atoms with van der Waals surface area (Å²) >= 11 is 0. The number of para-hydroxylation sites is 1. The van der Waals surface area contributed by atoms with Crippen LogP contribution in [0.15, 0.2) is 48.5 Å². The van der Waals surface area contributed by atoms with Crippen molar-refractivity contribution in [2.45, 2.75) is 24.3 Å². The maximum atomic E-state index is 12.4. The molecule has 0 radical (unpaired) electrons. The third-order valence-electron chi connectivity index (χ3n) is 5.92. The Hall–Kier alpha value is -3.70. The van der Waals surface area contributed by atoms with Crippen molar-refractivity contribution in [2.24, 2.45) is 0 Å². The number of amides is 1. The number of rotatable bonds is 6. The normalized spacial score (nSPS) is 25.1. The third-order valence-corrected chi connectivity index (χ3v) is 5.92. The first kappa shape index (κ1) is 19.9. The van der Waals surface area contributed by atoms with Crippen molar-refractivity contribution in [3.8, 4) is 28.6 Å². The van der Waals surface area contributed by atoms with Gasteiger partial charge in [0, 0.05) is 5.56 Å². The minimum absolute atomic E-state index is 0.0808. The van der Waals surface area contributed by atoms with Crippen LogP contribution in [-0.4, -0.2) is 71.0 Å². The van der Waals surface area contributed by atoms with Gasteiger partial charge in [0.15, 0.2) is 23.9 Å². The first-order valence-electron chi connectivity index (χ1n) is 10.6. The minimum atomic E-state index is -0.301. The third kappa shape index (κ3) is 3.74. The number of nitrogens with zero attached hydrogens (tertiary/aromatic N) is 4. The fraction of sp³-hybridized carbons (Fsp3) is 0.364. The highest BCUT2D eigenvalue weighted by molar-refractivity contribution is 5.78. The molecule has 11 heteroatoms. The van der Waals surface area contributed by atoms with Crippen molar-refractivity contribution in [3.63, 3.8) is 0 Å². The Morgan fingerprint density at radius 1 is 1.06 bits per heavy atom. The van der Waals surface area contributed by atoms with Crippen LogP contribution in [0.3, 0.4) is 0 Å². The highest BCUT2D eigenvalue weighted by atomic mass is 16.7. The van der Waals surface area contributed by atoms with Crippen LogP contribution >= 0.6 is 0 Å². The summed E-state index contributed by atoms with van der Waals surface area (Å²) in [6, 6.07) is 14.3. The van der Waals surface area contributed by atoms with Gasteiger partial charge in [-0.25, -0.2) is 4.68 Å². The number of carbonyl (C=O) groups excluding carboxylic acids is 1. The van der Waals surface area contributed by atoms with Crippen LogP contribution in [0.25, 0.3) is 11.4 Å². The van der Waals surface area contributed by atoms with Crippen LogP contribution in [0, 0.1) is 0 Å². The summed E-state index contributed by atoms with van der Waals surface area (Å²) in [5, 5.41) is 15.2. The van der Waals surface area contributed by atoms with Gasteiger partial charge in [-0.15, -0.1) is 5.10 Å². The molecule has 4 atom stereocenters. The average molecular weight is 451 g/mol. The molecule has 0 bridgehead atoms. The van der Waals surface area contributed by atoms with Crippen LogP contribution in [-0.2, 0) is 14.3 Å². The number of nitrogens with one attached hydrogen (secondary N) is 1. The van der Waals surface area contributed by atoms with Crippen molar-refractivity contribution in [1.29, 1.82) is 0 Å². The molecule has 0 aliphatic carbocycles. The molecule has 3 aromatic rings. The lowest BCUT2D eigenvalue weighted by Crippen LogP contribution is -2.45. The van der Waals surface area contributed by atoms with Gasteiger partial charge in [0.2, 0.25) is 6.79 Å². The molecule has 0 unspecified atom stereocenters. The Kier molecular flexibility index (Phi) is 5.04. The summed E-state index contributed by atoms with van der Waals surface area (Å²) < 4.78 is 30.1. The molecule has 2 saturated heterocycles. The van der Waals surface area contributed by atoms with E-state index in [1.54, 1.807) is 16.8 Å². The zero-order chi connectivity index (χ0) is 22.2. The van der Waals surface area contributed by atoms with Gasteiger partial charge in [-0.05, 0) is 40.8 Å². The van der Waals surface area contributed by atoms with Gasteiger partial charge < -0.3 is 29.0 Å². The Balaban J connectivity index is 1.12. The Labute approximate surface area is 188 Å². The summed E-state index contributed by atoms with van der Waals surface area (Å²) in [7, 11) is 0. The molecule has 6 rings (SSSR count). The van der Waals surface area contributed by atoms with E-state index in [-0.39, 0.29) is 43.6 Å². The lowest BCUT2D eigenvalue weighted by molar-refractivity contribution is -0.124. The van der Waals surface area contributed by atoms with Crippen molar-refractivity contribution >= 4 is 5.91 Å². The Morgan fingerprint density at radius 2 is 1.91 bits per heavy atom. The van der Waals surface area contributed by atoms with Gasteiger partial charge in [0.25, 0.3) is 5.91 Å². The van der Waals surface area contributed by atoms with Gasteiger partial charge >= 0.3 is 0 Å². The molecule has 1 aromatic heterocycles. The monoisotopic (exact) mass is 451 g/mol. The van der Waals surface area contributed by atoms with E-state index in [0.717, 1.165) is 5.56 Å². The molecule has 2 aromatic carbocycles. The zero-order valence-electron chi connectivity index (χ0n) is 17.5. The Morgan fingerprint density at radius 3 is 2.82 bits per heavy atom. The van der Waals surface area contributed by atoms with E-state index in [1.165, 1.54) is 0 Å². The highest BCUT2D eigenvalue weighted by Gasteiger charge is 2.50. The van der Waals surface area contributed by atoms with E-state index in [1.807, 2.05) is 36.4 Å². The van der Waals surface area contributed by atoms with Gasteiger partial charge in [-0.3, -0.25) is 4.79 Å². The summed E-state index contributed by atoms with van der Waals surface area (Å²) in [5.41, 5.74) is 0.800. The molecule has 0 saturated carbocycles. The van der Waals surface area contributed by atoms with Crippen LogP contribution in [0.5, 0.6) is 17.2 Å². The molecule has 2 fully saturated rings. The largest absolute Gasteiger partial charge is 0.484 e. The van der Waals surface area contributed by atoms with E-state index in [0.29, 0.717) is 36.3 Å². The molecule has 3 aliphatic rings. The molecule has 33 heavy (non-hydrogen) atoms. The number of fused-ring (bicyclic) bond motifs is 2. The minimum Gasteiger partial charge on any atom is -0.484 e. The molecule has 1 amide bonds. The second-order valence-electron chi connectivity index (χ2n) is 7.95. The topological polar surface area (TPSA) is 119 Å². The van der Waals surface area contributed by atoms with Gasteiger partial charge in [0.05, 0.1) is 19.3 Å². The SMILES string of the molecule is O=C(COc1ccccc1)N[C@H]1CO[C@H]2[C@@H]1OC[C@@H]2n1nnnc1-c1ccc2c(c1)OCO2. The molecule has 4 heterocycles. The van der Waals surface area contributed by atoms with Gasteiger partial charge in [-0.1, -0.05) is 18.2 Å². The van der Waals surface area contributed by atoms with Crippen molar-refractivity contribution < 1.29 is 28.5 Å². The van der Waals surface area contributed by atoms with E-state index in [2.05, 4.69) is 20.8 Å². The first-order chi connectivity index (χ1) is 16.3. The number of aromatic nitrogens is 4. The number of ether oxygens (including phenoxy) is 5. The molecule has 3 aliphatic heterocycles. The predicted octanol–water partition coefficient (Wildman–Crippen LogP) is 0.971. The maximum Gasteiger partial charge on any atom is 0.258 e. The number of tetrazole rings is 1. The lowest BCUT2D eigenvalue weighted by Gasteiger charge is -2.18. The van der Waals surface area contributed by atoms with Crippen molar-refractivity contribution in [1.82, 2.24) is 25.5 Å². The average Bonchev–Trinajstić information content (AvgIpc) is 3.62. The summed E-state index contributed by atoms with van der Waals surface area (Å²) in [6.07, 6.45) is -0.592. The smallest absolute Gasteiger partial charge is 0.258 e. The zero-order valence-corrected chi connectivity index (χ0v) is 17.5. The van der Waals surface area contributed by atoms with Crippen LogP contribution < -0.4 is 19.5 Å². The Bertz CT molecular complexity index is 1160. The summed E-state index contributed by atoms with van der Waals surface area (Å²) in [6.45, 7) is 0.819. The number of hydrogen-bond acceptors (Lipinski definition) is 9. The van der Waals surface area contributed by atoms with E-state index in [9.17, 15) is 4.79 Å². The van der Waals surface area contributed by atoms with Gasteiger partial charge in [0.1, 0.15) is 24.0 Å². The lowest BCUT2D eigenvalue weighted by atomic mass is 10.1. The first-order valence-corrected chi connectivity index (χ1v) is 10.6. The summed E-state index contributed by atoms with van der Waals surface area (Å²) in [4.78, 5) is 12.4. The highest BCUT2D eigenvalue weighted by Crippen LogP contribution is 2.38. The molecule has 11 nitrogen and oxygen atoms in total. The van der Waals surface area contributed by atoms with Crippen molar-refractivity contribution in [3.05, 3.63) is 48.5 Å². The summed E-state index contributed by atoms with van der Waals surface area (Å²) in [5.74, 6) is 2.33. The quantitative estimate of drug-likeness (QED) is 0.585. The van der Waals surface area contributed by atoms with Crippen LogP contribution in [0.4, 0.5) is 0 Å². The molecular formula is C22H21N5O6. The molecule has 0 spiro atoms. The molecule has 1 N–H and O–H groups in total. The van der Waals surface area contributed by atoms with Gasteiger partial charge in [-0.2, -0.15) is 0 Å².